The van der Waals surface area contributed by atoms with Gasteiger partial charge in [0.05, 0.1) is 23.1 Å². The molecule has 0 aliphatic carbocycles. The van der Waals surface area contributed by atoms with E-state index in [2.05, 4.69) is 10.2 Å². The number of rotatable bonds is 7. The third-order valence-electron chi connectivity index (χ3n) is 3.52. The van der Waals surface area contributed by atoms with Gasteiger partial charge in [0.2, 0.25) is 5.91 Å². The lowest BCUT2D eigenvalue weighted by Crippen LogP contribution is -2.27. The monoisotopic (exact) mass is 396 g/mol. The molecule has 0 bridgehead atoms. The number of carbonyl (C=O) groups excluding carboxylic acids is 1. The van der Waals surface area contributed by atoms with Crippen molar-refractivity contribution in [1.82, 2.24) is 9.04 Å². The van der Waals surface area contributed by atoms with Gasteiger partial charge in [0, 0.05) is 24.9 Å². The SMILES string of the molecule is CON(C)S(=O)(=O)c1ccc(NC(=O)Cn2cc([N+](=O)[O-])ccc2=O)cc1. The van der Waals surface area contributed by atoms with Crippen LogP contribution in [0.15, 0.2) is 52.3 Å². The summed E-state index contributed by atoms with van der Waals surface area (Å²) in [6.07, 6.45) is 0.970. The number of nitrogens with one attached hydrogen (secondary N) is 1. The first-order valence-electron chi connectivity index (χ1n) is 7.43. The Morgan fingerprint density at radius 2 is 1.89 bits per heavy atom. The van der Waals surface area contributed by atoms with Crippen molar-refractivity contribution in [1.29, 1.82) is 0 Å². The number of carbonyl (C=O) groups is 1. The van der Waals surface area contributed by atoms with E-state index in [1.165, 1.54) is 38.4 Å². The zero-order valence-corrected chi connectivity index (χ0v) is 15.2. The van der Waals surface area contributed by atoms with E-state index in [0.717, 1.165) is 22.9 Å². The third-order valence-corrected chi connectivity index (χ3v) is 5.22. The maximum atomic E-state index is 12.1. The quantitative estimate of drug-likeness (QED) is 0.533. The Hall–Kier alpha value is -3.09. The van der Waals surface area contributed by atoms with E-state index in [1.54, 1.807) is 0 Å². The number of benzene rings is 1. The molecular formula is C15H16N4O7S. The van der Waals surface area contributed by atoms with Gasteiger partial charge in [-0.3, -0.25) is 29.1 Å². The molecule has 1 aromatic carbocycles. The molecule has 11 nitrogen and oxygen atoms in total. The minimum Gasteiger partial charge on any atom is -0.325 e. The van der Waals surface area contributed by atoms with Gasteiger partial charge in [-0.1, -0.05) is 4.47 Å². The first-order valence-corrected chi connectivity index (χ1v) is 8.87. The standard InChI is InChI=1S/C15H16N4O7S/c1-17(26-2)27(24,25)13-6-3-11(4-7-13)16-14(20)10-18-9-12(19(22)23)5-8-15(18)21/h3-9H,10H2,1-2H3,(H,16,20). The highest BCUT2D eigenvalue weighted by atomic mass is 32.2. The van der Waals surface area contributed by atoms with Crippen molar-refractivity contribution < 1.29 is 23.0 Å². The van der Waals surface area contributed by atoms with Gasteiger partial charge in [0.15, 0.2) is 0 Å². The van der Waals surface area contributed by atoms with Crippen molar-refractivity contribution in [2.45, 2.75) is 11.4 Å². The van der Waals surface area contributed by atoms with Gasteiger partial charge in [0.25, 0.3) is 21.3 Å². The minimum atomic E-state index is -3.81. The Kier molecular flexibility index (Phi) is 6.05. The lowest BCUT2D eigenvalue weighted by Gasteiger charge is -2.14. The molecule has 27 heavy (non-hydrogen) atoms. The lowest BCUT2D eigenvalue weighted by atomic mass is 10.3. The van der Waals surface area contributed by atoms with Crippen molar-refractivity contribution in [3.63, 3.8) is 0 Å². The van der Waals surface area contributed by atoms with Gasteiger partial charge >= 0.3 is 0 Å². The molecule has 144 valence electrons. The van der Waals surface area contributed by atoms with E-state index in [0.29, 0.717) is 4.47 Å². The summed E-state index contributed by atoms with van der Waals surface area (Å²) in [7, 11) is -1.36. The van der Waals surface area contributed by atoms with Gasteiger partial charge in [-0.15, -0.1) is 0 Å². The zero-order valence-electron chi connectivity index (χ0n) is 14.4. The van der Waals surface area contributed by atoms with Crippen molar-refractivity contribution in [2.75, 3.05) is 19.5 Å². The van der Waals surface area contributed by atoms with E-state index in [4.69, 9.17) is 0 Å². The number of nitro groups is 1. The van der Waals surface area contributed by atoms with Crippen LogP contribution in [0.5, 0.6) is 0 Å². The van der Waals surface area contributed by atoms with Crippen LogP contribution in [-0.4, -0.2) is 42.4 Å². The maximum Gasteiger partial charge on any atom is 0.285 e. The Morgan fingerprint density at radius 1 is 1.26 bits per heavy atom. The fourth-order valence-corrected chi connectivity index (χ4v) is 3.04. The van der Waals surface area contributed by atoms with E-state index in [-0.39, 0.29) is 16.3 Å². The molecule has 0 aliphatic heterocycles. The molecule has 0 spiro atoms. The number of aromatic nitrogens is 1. The van der Waals surface area contributed by atoms with Gasteiger partial charge in [0.1, 0.15) is 6.54 Å². The van der Waals surface area contributed by atoms with Crippen molar-refractivity contribution in [2.24, 2.45) is 0 Å². The predicted octanol–water partition coefficient (Wildman–Crippen LogP) is 0.577. The molecular weight excluding hydrogens is 380 g/mol. The molecule has 1 aromatic heterocycles. The Balaban J connectivity index is 2.12. The lowest BCUT2D eigenvalue weighted by molar-refractivity contribution is -0.385. The Morgan fingerprint density at radius 3 is 2.44 bits per heavy atom. The summed E-state index contributed by atoms with van der Waals surface area (Å²) in [4.78, 5) is 38.5. The summed E-state index contributed by atoms with van der Waals surface area (Å²) in [5.41, 5.74) is -0.600. The van der Waals surface area contributed by atoms with Crippen LogP contribution in [0.1, 0.15) is 0 Å². The van der Waals surface area contributed by atoms with Crippen molar-refractivity contribution >= 4 is 27.3 Å². The maximum absolute atomic E-state index is 12.1. The highest BCUT2D eigenvalue weighted by Crippen LogP contribution is 2.17. The molecule has 1 N–H and O–H groups in total. The Labute approximate surface area is 153 Å². The second kappa shape index (κ2) is 8.07. The molecule has 0 radical (unpaired) electrons. The fraction of sp³-hybridized carbons (Fsp3) is 0.200. The topological polar surface area (TPSA) is 141 Å². The van der Waals surface area contributed by atoms with Gasteiger partial charge in [-0.2, -0.15) is 0 Å². The van der Waals surface area contributed by atoms with E-state index in [9.17, 15) is 28.1 Å². The predicted molar refractivity (Wildman–Crippen MR) is 94.4 cm³/mol. The number of amides is 1. The van der Waals surface area contributed by atoms with Crippen LogP contribution in [0.4, 0.5) is 11.4 Å². The molecule has 0 unspecified atom stereocenters. The Bertz CT molecular complexity index is 1020. The summed E-state index contributed by atoms with van der Waals surface area (Å²) < 4.78 is 25.8. The van der Waals surface area contributed by atoms with Gasteiger partial charge in [-0.05, 0) is 24.3 Å². The molecule has 2 aromatic rings. The van der Waals surface area contributed by atoms with E-state index < -0.39 is 33.0 Å². The van der Waals surface area contributed by atoms with Crippen LogP contribution >= 0.6 is 0 Å². The summed E-state index contributed by atoms with van der Waals surface area (Å²) >= 11 is 0. The molecule has 0 saturated heterocycles. The van der Waals surface area contributed by atoms with Gasteiger partial charge in [-0.25, -0.2) is 8.42 Å². The van der Waals surface area contributed by atoms with Crippen LogP contribution in [0, 0.1) is 10.1 Å². The molecule has 0 atom stereocenters. The molecule has 0 saturated carbocycles. The first kappa shape index (κ1) is 20.2. The van der Waals surface area contributed by atoms with Crippen LogP contribution in [0.25, 0.3) is 0 Å². The number of hydrogen-bond donors (Lipinski definition) is 1. The van der Waals surface area contributed by atoms with E-state index in [1.807, 2.05) is 0 Å². The van der Waals surface area contributed by atoms with Crippen molar-refractivity contribution in [3.05, 3.63) is 63.1 Å². The molecule has 1 heterocycles. The third kappa shape index (κ3) is 4.75. The number of nitrogens with zero attached hydrogens (tertiary/aromatic N) is 3. The highest BCUT2D eigenvalue weighted by molar-refractivity contribution is 7.89. The summed E-state index contributed by atoms with van der Waals surface area (Å²) in [6, 6.07) is 7.33. The second-order valence-electron chi connectivity index (χ2n) is 5.28. The molecule has 2 rings (SSSR count). The smallest absolute Gasteiger partial charge is 0.285 e. The normalized spacial score (nSPS) is 11.4. The zero-order chi connectivity index (χ0) is 20.2. The number of hydroxylamine groups is 1. The van der Waals surface area contributed by atoms with Crippen LogP contribution in [0.3, 0.4) is 0 Å². The molecule has 0 fully saturated rings. The van der Waals surface area contributed by atoms with Gasteiger partial charge < -0.3 is 5.32 Å². The average molecular weight is 396 g/mol. The number of hydrogen-bond acceptors (Lipinski definition) is 7. The largest absolute Gasteiger partial charge is 0.325 e. The minimum absolute atomic E-state index is 0.0419. The summed E-state index contributed by atoms with van der Waals surface area (Å²) in [5, 5.41) is 13.2. The van der Waals surface area contributed by atoms with Crippen LogP contribution < -0.4 is 10.9 Å². The number of sulfonamides is 1. The summed E-state index contributed by atoms with van der Waals surface area (Å²) in [5.74, 6) is -0.609. The average Bonchev–Trinajstić information content (AvgIpc) is 2.63. The highest BCUT2D eigenvalue weighted by Gasteiger charge is 2.20. The number of pyridine rings is 1. The second-order valence-corrected chi connectivity index (χ2v) is 7.22. The van der Waals surface area contributed by atoms with Crippen molar-refractivity contribution in [3.8, 4) is 0 Å². The molecule has 12 heteroatoms. The van der Waals surface area contributed by atoms with E-state index >= 15 is 0 Å². The number of anilines is 1. The van der Waals surface area contributed by atoms with Crippen LogP contribution in [-0.2, 0) is 26.2 Å². The summed E-state index contributed by atoms with van der Waals surface area (Å²) in [6.45, 7) is -0.438. The molecule has 0 aliphatic rings. The van der Waals surface area contributed by atoms with Crippen LogP contribution in [0.2, 0.25) is 0 Å². The molecule has 1 amide bonds. The first-order chi connectivity index (χ1) is 12.6. The fourth-order valence-electron chi connectivity index (χ4n) is 2.06.